The first-order chi connectivity index (χ1) is 8.80. The first-order valence-electron chi connectivity index (χ1n) is 5.56. The number of allylic oxidation sites excluding steroid dienone is 2. The minimum atomic E-state index is -4.02. The van der Waals surface area contributed by atoms with Gasteiger partial charge in [0.25, 0.3) is 10.1 Å². The molecule has 0 fully saturated rings. The molecular weight excluding hydrogens is 286 g/mol. The maximum Gasteiger partial charge on any atom is 0.294 e. The molecule has 1 heterocycles. The van der Waals surface area contributed by atoms with Crippen LogP contribution in [0.25, 0.3) is 0 Å². The molecule has 1 aromatic rings. The lowest BCUT2D eigenvalue weighted by Gasteiger charge is -2.19. The summed E-state index contributed by atoms with van der Waals surface area (Å²) < 4.78 is 29.6. The average molecular weight is 302 g/mol. The van der Waals surface area contributed by atoms with E-state index in [4.69, 9.17) is 16.2 Å². The van der Waals surface area contributed by atoms with E-state index in [-0.39, 0.29) is 10.4 Å². The van der Waals surface area contributed by atoms with E-state index in [0.29, 0.717) is 0 Å². The van der Waals surface area contributed by atoms with E-state index in [1.54, 1.807) is 12.1 Å². The fraction of sp³-hybridized carbons (Fsp3) is 0.231. The Kier molecular flexibility index (Phi) is 5.60. The van der Waals surface area contributed by atoms with Crippen LogP contribution in [0.3, 0.4) is 0 Å². The molecule has 0 aliphatic carbocycles. The molecule has 1 atom stereocenters. The van der Waals surface area contributed by atoms with Gasteiger partial charge in [0.05, 0.1) is 4.90 Å². The largest absolute Gasteiger partial charge is 0.361 e. The number of alkyl halides is 1. The highest BCUT2D eigenvalue weighted by Crippen LogP contribution is 2.09. The summed E-state index contributed by atoms with van der Waals surface area (Å²) in [6.07, 6.45) is 7.77. The van der Waals surface area contributed by atoms with E-state index >= 15 is 0 Å². The maximum atomic E-state index is 10.5. The van der Waals surface area contributed by atoms with Gasteiger partial charge in [0.1, 0.15) is 5.50 Å². The van der Waals surface area contributed by atoms with E-state index in [2.05, 4.69) is 0 Å². The third-order valence-corrected chi connectivity index (χ3v) is 3.73. The number of halogens is 1. The van der Waals surface area contributed by atoms with Gasteiger partial charge in [-0.3, -0.25) is 4.55 Å². The quantitative estimate of drug-likeness (QED) is 0.492. The van der Waals surface area contributed by atoms with Crippen LogP contribution >= 0.6 is 11.6 Å². The second-order valence-electron chi connectivity index (χ2n) is 4.05. The third kappa shape index (κ3) is 5.46. The van der Waals surface area contributed by atoms with Gasteiger partial charge < -0.3 is 4.90 Å². The molecular formula is C13H16ClNO3S. The molecule has 1 N–H and O–H groups in total. The van der Waals surface area contributed by atoms with Gasteiger partial charge in [-0.1, -0.05) is 35.4 Å². The average Bonchev–Trinajstić information content (AvgIpc) is 2.33. The fourth-order valence-electron chi connectivity index (χ4n) is 1.27. The summed E-state index contributed by atoms with van der Waals surface area (Å²) >= 11 is 5.75. The third-order valence-electron chi connectivity index (χ3n) is 2.41. The number of hydrogen-bond donors (Lipinski definition) is 1. The molecule has 19 heavy (non-hydrogen) atoms. The van der Waals surface area contributed by atoms with E-state index < -0.39 is 10.1 Å². The van der Waals surface area contributed by atoms with E-state index in [9.17, 15) is 8.42 Å². The van der Waals surface area contributed by atoms with Crippen LogP contribution in [0.15, 0.2) is 53.6 Å². The Hall–Kier alpha value is -1.30. The van der Waals surface area contributed by atoms with Crippen LogP contribution in [0.2, 0.25) is 0 Å². The normalized spacial score (nSPS) is 17.9. The van der Waals surface area contributed by atoms with Gasteiger partial charge in [0.15, 0.2) is 0 Å². The lowest BCUT2D eigenvalue weighted by Crippen LogP contribution is -2.20. The number of aryl methyl sites for hydroxylation is 1. The minimum Gasteiger partial charge on any atom is -0.361 e. The van der Waals surface area contributed by atoms with Crippen molar-refractivity contribution < 1.29 is 13.0 Å². The van der Waals surface area contributed by atoms with E-state index in [1.165, 1.54) is 12.1 Å². The standard InChI is InChI=1S/C7H8O3S.C6H8ClN/c1-6-2-4-7(5-3-6)11(8,9)10;1-8-5-3-2-4-6(8)7/h2-5H,1H3,(H,8,9,10);2-6H,1H3. The highest BCUT2D eigenvalue weighted by Gasteiger charge is 2.06. The van der Waals surface area contributed by atoms with E-state index in [0.717, 1.165) is 5.56 Å². The predicted octanol–water partition coefficient (Wildman–Crippen LogP) is 2.81. The van der Waals surface area contributed by atoms with Gasteiger partial charge in [0.2, 0.25) is 0 Å². The molecule has 104 valence electrons. The lowest BCUT2D eigenvalue weighted by atomic mass is 10.2. The molecule has 0 aromatic heterocycles. The fourth-order valence-corrected chi connectivity index (χ4v) is 1.90. The van der Waals surface area contributed by atoms with Gasteiger partial charge in [0, 0.05) is 13.2 Å². The van der Waals surface area contributed by atoms with Crippen molar-refractivity contribution in [1.82, 2.24) is 4.90 Å². The molecule has 0 spiro atoms. The molecule has 0 bridgehead atoms. The summed E-state index contributed by atoms with van der Waals surface area (Å²) in [7, 11) is -2.08. The van der Waals surface area contributed by atoms with Crippen molar-refractivity contribution in [3.8, 4) is 0 Å². The van der Waals surface area contributed by atoms with Crippen molar-refractivity contribution in [3.05, 3.63) is 54.3 Å². The van der Waals surface area contributed by atoms with Crippen LogP contribution in [0.5, 0.6) is 0 Å². The second-order valence-corrected chi connectivity index (χ2v) is 5.92. The zero-order valence-electron chi connectivity index (χ0n) is 10.7. The van der Waals surface area contributed by atoms with Crippen LogP contribution in [0.4, 0.5) is 0 Å². The Morgan fingerprint density at radius 3 is 2.16 bits per heavy atom. The topological polar surface area (TPSA) is 57.6 Å². The lowest BCUT2D eigenvalue weighted by molar-refractivity contribution is 0.467. The van der Waals surface area contributed by atoms with Crippen molar-refractivity contribution in [1.29, 1.82) is 0 Å². The zero-order valence-corrected chi connectivity index (χ0v) is 12.3. The zero-order chi connectivity index (χ0) is 14.5. The minimum absolute atomic E-state index is 0.0417. The second kappa shape index (κ2) is 6.75. The molecule has 1 aliphatic rings. The highest BCUT2D eigenvalue weighted by molar-refractivity contribution is 7.85. The molecule has 2 rings (SSSR count). The smallest absolute Gasteiger partial charge is 0.294 e. The number of hydrogen-bond acceptors (Lipinski definition) is 3. The summed E-state index contributed by atoms with van der Waals surface area (Å²) in [4.78, 5) is 1.87. The van der Waals surface area contributed by atoms with Crippen molar-refractivity contribution in [3.63, 3.8) is 0 Å². The number of benzene rings is 1. The molecule has 1 aliphatic heterocycles. The molecule has 1 aromatic carbocycles. The van der Waals surface area contributed by atoms with Crippen LogP contribution in [0, 0.1) is 6.92 Å². The molecule has 0 saturated carbocycles. The van der Waals surface area contributed by atoms with Crippen LogP contribution < -0.4 is 0 Å². The number of rotatable bonds is 1. The van der Waals surface area contributed by atoms with Crippen molar-refractivity contribution in [2.75, 3.05) is 7.05 Å². The first kappa shape index (κ1) is 15.8. The molecule has 0 saturated heterocycles. The molecule has 0 amide bonds. The Morgan fingerprint density at radius 2 is 1.79 bits per heavy atom. The molecule has 1 unspecified atom stereocenters. The maximum absolute atomic E-state index is 10.5. The Labute approximate surface area is 118 Å². The number of likely N-dealkylation sites (N-methyl/N-ethyl adjacent to an activating group) is 1. The van der Waals surface area contributed by atoms with Crippen LogP contribution in [-0.2, 0) is 10.1 Å². The van der Waals surface area contributed by atoms with Gasteiger partial charge in [-0.05, 0) is 31.2 Å². The monoisotopic (exact) mass is 301 g/mol. The summed E-state index contributed by atoms with van der Waals surface area (Å²) in [5, 5.41) is 0. The van der Waals surface area contributed by atoms with Crippen LogP contribution in [0.1, 0.15) is 5.56 Å². The SMILES string of the molecule is CN1C=CC=CC1Cl.Cc1ccc(S(=O)(=O)O)cc1. The van der Waals surface area contributed by atoms with Crippen LogP contribution in [-0.4, -0.2) is 30.4 Å². The molecule has 6 heteroatoms. The summed E-state index contributed by atoms with van der Waals surface area (Å²) in [5.74, 6) is 0. The van der Waals surface area contributed by atoms with Crippen molar-refractivity contribution in [2.45, 2.75) is 17.3 Å². The van der Waals surface area contributed by atoms with Gasteiger partial charge in [-0.25, -0.2) is 0 Å². The van der Waals surface area contributed by atoms with Crippen molar-refractivity contribution >= 4 is 21.7 Å². The molecule has 4 nitrogen and oxygen atoms in total. The summed E-state index contributed by atoms with van der Waals surface area (Å²) in [5.41, 5.74) is 0.998. The van der Waals surface area contributed by atoms with E-state index in [1.807, 2.05) is 43.3 Å². The van der Waals surface area contributed by atoms with Gasteiger partial charge in [-0.2, -0.15) is 8.42 Å². The van der Waals surface area contributed by atoms with Gasteiger partial charge in [-0.15, -0.1) is 0 Å². The predicted molar refractivity (Wildman–Crippen MR) is 76.7 cm³/mol. The Bertz CT molecular complexity index is 548. The summed E-state index contributed by atoms with van der Waals surface area (Å²) in [6, 6.07) is 5.99. The Balaban J connectivity index is 0.000000200. The number of nitrogens with zero attached hydrogens (tertiary/aromatic N) is 1. The van der Waals surface area contributed by atoms with Crippen molar-refractivity contribution in [2.24, 2.45) is 0 Å². The first-order valence-corrected chi connectivity index (χ1v) is 7.43. The summed E-state index contributed by atoms with van der Waals surface area (Å²) in [6.45, 7) is 1.84. The molecule has 0 radical (unpaired) electrons. The van der Waals surface area contributed by atoms with Gasteiger partial charge >= 0.3 is 0 Å². The Morgan fingerprint density at radius 1 is 1.21 bits per heavy atom. The highest BCUT2D eigenvalue weighted by atomic mass is 35.5.